The molecule has 5 rings (SSSR count). The first-order chi connectivity index (χ1) is 21.8. The second-order valence-electron chi connectivity index (χ2n) is 13.3. The van der Waals surface area contributed by atoms with Crippen molar-refractivity contribution in [3.05, 3.63) is 23.8 Å². The van der Waals surface area contributed by atoms with E-state index >= 15 is 0 Å². The second kappa shape index (κ2) is 13.3. The van der Waals surface area contributed by atoms with E-state index in [9.17, 15) is 24.3 Å². The molecule has 4 heterocycles. The second-order valence-corrected chi connectivity index (χ2v) is 13.3. The quantitative estimate of drug-likeness (QED) is 0.284. The van der Waals surface area contributed by atoms with Gasteiger partial charge in [0.2, 0.25) is 24.5 Å². The van der Waals surface area contributed by atoms with Gasteiger partial charge in [-0.1, -0.05) is 39.3 Å². The molecule has 0 saturated carbocycles. The third-order valence-corrected chi connectivity index (χ3v) is 8.67. The lowest BCUT2D eigenvalue weighted by Crippen LogP contribution is -2.59. The molecular weight excluding hydrogens is 602 g/mol. The van der Waals surface area contributed by atoms with Gasteiger partial charge in [0.1, 0.15) is 18.2 Å². The zero-order chi connectivity index (χ0) is 33.2. The molecule has 0 aliphatic carbocycles. The number of oxime groups is 1. The molecule has 5 N–H and O–H groups in total. The fourth-order valence-corrected chi connectivity index (χ4v) is 6.18. The number of nitrogens with two attached hydrogens (primary N) is 1. The summed E-state index contributed by atoms with van der Waals surface area (Å²) < 4.78 is 21.7. The summed E-state index contributed by atoms with van der Waals surface area (Å²) in [7, 11) is 0. The van der Waals surface area contributed by atoms with Gasteiger partial charge in [0.05, 0.1) is 31.5 Å². The molecule has 4 aliphatic rings. The summed E-state index contributed by atoms with van der Waals surface area (Å²) >= 11 is 0. The number of hydrogen-bond acceptors (Lipinski definition) is 11. The Hall–Kier alpha value is -4.11. The van der Waals surface area contributed by atoms with Crippen LogP contribution in [0.15, 0.2) is 23.4 Å². The number of carbonyl (C=O) groups is 4. The normalized spacial score (nSPS) is 25.4. The van der Waals surface area contributed by atoms with Gasteiger partial charge in [-0.15, -0.1) is 0 Å². The number of rotatable bonds is 10. The van der Waals surface area contributed by atoms with E-state index in [1.807, 2.05) is 13.0 Å². The third kappa shape index (κ3) is 7.15. The van der Waals surface area contributed by atoms with Crippen molar-refractivity contribution in [2.45, 2.75) is 95.7 Å². The summed E-state index contributed by atoms with van der Waals surface area (Å²) in [6.07, 6.45) is -1.09. The van der Waals surface area contributed by atoms with E-state index in [4.69, 9.17) is 29.5 Å². The fraction of sp³-hybridized carbons (Fsp3) is 0.645. The molecule has 4 amide bonds. The van der Waals surface area contributed by atoms with E-state index in [0.29, 0.717) is 36.7 Å². The number of nitrogens with zero attached hydrogens (tertiary/aromatic N) is 2. The van der Waals surface area contributed by atoms with E-state index in [1.54, 1.807) is 32.9 Å². The Bertz CT molecular complexity index is 1370. The largest absolute Gasteiger partial charge is 0.454 e. The lowest BCUT2D eigenvalue weighted by molar-refractivity contribution is -0.143. The SMILES string of the molecule is CCC[C@H](NC(=O)[C@@H]1C[C@]2(CC(c3ccc4c(c3)OCO4)=NO2)CN1C(=O)[C@@H](NC(=O)O[C@H]1CCOC1)C(C)(C)C)C(O)C(N)=O. The molecule has 1 spiro atoms. The van der Waals surface area contributed by atoms with Crippen molar-refractivity contribution in [3.63, 3.8) is 0 Å². The van der Waals surface area contributed by atoms with Crippen molar-refractivity contribution in [1.82, 2.24) is 15.5 Å². The number of likely N-dealkylation sites (tertiary alicyclic amines) is 1. The van der Waals surface area contributed by atoms with Gasteiger partial charge in [-0.2, -0.15) is 0 Å². The summed E-state index contributed by atoms with van der Waals surface area (Å²) in [5.41, 5.74) is 4.85. The molecule has 4 aliphatic heterocycles. The lowest BCUT2D eigenvalue weighted by Gasteiger charge is -2.35. The molecular formula is C31H43N5O10. The van der Waals surface area contributed by atoms with Crippen LogP contribution in [0.1, 0.15) is 65.4 Å². The van der Waals surface area contributed by atoms with Crippen LogP contribution in [0.4, 0.5) is 4.79 Å². The highest BCUT2D eigenvalue weighted by Gasteiger charge is 2.55. The molecule has 15 nitrogen and oxygen atoms in total. The average molecular weight is 646 g/mol. The molecule has 6 atom stereocenters. The molecule has 0 radical (unpaired) electrons. The maximum absolute atomic E-state index is 14.4. The van der Waals surface area contributed by atoms with Crippen LogP contribution < -0.4 is 25.8 Å². The van der Waals surface area contributed by atoms with Crippen molar-refractivity contribution >= 4 is 29.5 Å². The highest BCUT2D eigenvalue weighted by Crippen LogP contribution is 2.41. The number of aliphatic hydroxyl groups excluding tert-OH is 1. The zero-order valence-electron chi connectivity index (χ0n) is 26.6. The first kappa shape index (κ1) is 33.3. The molecule has 1 aromatic rings. The highest BCUT2D eigenvalue weighted by molar-refractivity contribution is 6.02. The maximum atomic E-state index is 14.4. The molecule has 0 aromatic heterocycles. The number of nitrogens with one attached hydrogen (secondary N) is 2. The Balaban J connectivity index is 1.39. The summed E-state index contributed by atoms with van der Waals surface area (Å²) in [4.78, 5) is 60.4. The van der Waals surface area contributed by atoms with Crippen LogP contribution in [0, 0.1) is 5.41 Å². The number of hydrogen-bond donors (Lipinski definition) is 4. The molecule has 15 heteroatoms. The summed E-state index contributed by atoms with van der Waals surface area (Å²) in [6.45, 7) is 8.08. The molecule has 252 valence electrons. The van der Waals surface area contributed by atoms with Crippen molar-refractivity contribution in [2.75, 3.05) is 26.6 Å². The minimum atomic E-state index is -1.62. The predicted molar refractivity (Wildman–Crippen MR) is 162 cm³/mol. The maximum Gasteiger partial charge on any atom is 0.408 e. The molecule has 2 saturated heterocycles. The lowest BCUT2D eigenvalue weighted by atomic mass is 9.85. The monoisotopic (exact) mass is 645 g/mol. The van der Waals surface area contributed by atoms with Crippen LogP contribution in [0.5, 0.6) is 11.5 Å². The van der Waals surface area contributed by atoms with Gasteiger partial charge in [-0.05, 0) is 30.0 Å². The van der Waals surface area contributed by atoms with Gasteiger partial charge in [0.25, 0.3) is 0 Å². The van der Waals surface area contributed by atoms with Crippen LogP contribution in [0.2, 0.25) is 0 Å². The Morgan fingerprint density at radius 3 is 2.63 bits per heavy atom. The average Bonchev–Trinajstić information content (AvgIpc) is 3.82. The van der Waals surface area contributed by atoms with E-state index in [0.717, 1.165) is 5.56 Å². The smallest absolute Gasteiger partial charge is 0.408 e. The van der Waals surface area contributed by atoms with Crippen molar-refractivity contribution < 1.29 is 48.1 Å². The van der Waals surface area contributed by atoms with Crippen LogP contribution in [0.3, 0.4) is 0 Å². The van der Waals surface area contributed by atoms with Gasteiger partial charge in [0.15, 0.2) is 23.2 Å². The van der Waals surface area contributed by atoms with Crippen LogP contribution in [0.25, 0.3) is 0 Å². The predicted octanol–water partition coefficient (Wildman–Crippen LogP) is 0.940. The van der Waals surface area contributed by atoms with Gasteiger partial charge >= 0.3 is 6.09 Å². The van der Waals surface area contributed by atoms with E-state index in [1.165, 1.54) is 4.90 Å². The number of carbonyl (C=O) groups excluding carboxylic acids is 4. The minimum absolute atomic E-state index is 0.0158. The van der Waals surface area contributed by atoms with Crippen LogP contribution >= 0.6 is 0 Å². The molecule has 1 unspecified atom stereocenters. The van der Waals surface area contributed by atoms with E-state index in [2.05, 4.69) is 15.8 Å². The Labute approximate surface area is 267 Å². The number of amides is 4. The number of primary amides is 1. The summed E-state index contributed by atoms with van der Waals surface area (Å²) in [5.74, 6) is -0.897. The summed E-state index contributed by atoms with van der Waals surface area (Å²) in [5, 5.41) is 20.2. The fourth-order valence-electron chi connectivity index (χ4n) is 6.18. The molecule has 46 heavy (non-hydrogen) atoms. The van der Waals surface area contributed by atoms with Crippen LogP contribution in [-0.2, 0) is 28.7 Å². The molecule has 0 bridgehead atoms. The number of ether oxygens (including phenoxy) is 4. The third-order valence-electron chi connectivity index (χ3n) is 8.67. The van der Waals surface area contributed by atoms with Crippen molar-refractivity contribution in [1.29, 1.82) is 0 Å². The standard InChI is InChI=1S/C31H43N5O10/c1-5-6-19(24(37)26(32)38)33-27(39)21-13-31(12-20(35-46-31)17-7-8-22-23(11-17)44-16-43-22)15-36(21)28(40)25(30(2,3)4)34-29(41)45-18-9-10-42-14-18/h7-8,11,18-19,21,24-25,37H,5-6,9-10,12-16H2,1-4H3,(H2,32,38)(H,33,39)(H,34,41)/t18-,19-,21-,24?,25+,31+/m0/s1. The van der Waals surface area contributed by atoms with Crippen molar-refractivity contribution in [2.24, 2.45) is 16.3 Å². The Morgan fingerprint density at radius 2 is 1.96 bits per heavy atom. The Morgan fingerprint density at radius 1 is 1.20 bits per heavy atom. The molecule has 2 fully saturated rings. The van der Waals surface area contributed by atoms with Crippen molar-refractivity contribution in [3.8, 4) is 11.5 Å². The number of aliphatic hydroxyl groups is 1. The highest BCUT2D eigenvalue weighted by atomic mass is 16.7. The number of fused-ring (bicyclic) bond motifs is 1. The zero-order valence-corrected chi connectivity index (χ0v) is 26.6. The first-order valence-electron chi connectivity index (χ1n) is 15.6. The first-order valence-corrected chi connectivity index (χ1v) is 15.6. The molecule has 1 aromatic carbocycles. The van der Waals surface area contributed by atoms with E-state index in [-0.39, 0.29) is 39.2 Å². The van der Waals surface area contributed by atoms with Gasteiger partial charge in [0, 0.05) is 24.8 Å². The van der Waals surface area contributed by atoms with Gasteiger partial charge in [-0.3, -0.25) is 14.4 Å². The Kier molecular flexibility index (Phi) is 9.63. The topological polar surface area (TPSA) is 200 Å². The number of benzene rings is 1. The minimum Gasteiger partial charge on any atom is -0.454 e. The van der Waals surface area contributed by atoms with Gasteiger partial charge < -0.3 is 50.2 Å². The van der Waals surface area contributed by atoms with Gasteiger partial charge in [-0.25, -0.2) is 4.79 Å². The van der Waals surface area contributed by atoms with Crippen LogP contribution in [-0.4, -0.2) is 102 Å². The summed E-state index contributed by atoms with van der Waals surface area (Å²) in [6, 6.07) is 2.29. The number of alkyl carbamates (subject to hydrolysis) is 1. The van der Waals surface area contributed by atoms with E-state index < -0.39 is 65.2 Å².